The van der Waals surface area contributed by atoms with Crippen LogP contribution in [0.15, 0.2) is 18.3 Å². The molecule has 1 aliphatic carbocycles. The predicted molar refractivity (Wildman–Crippen MR) is 70.8 cm³/mol. The van der Waals surface area contributed by atoms with E-state index in [0.717, 1.165) is 29.8 Å². The van der Waals surface area contributed by atoms with Crippen molar-refractivity contribution in [2.45, 2.75) is 37.3 Å². The zero-order valence-electron chi connectivity index (χ0n) is 10.3. The molecule has 2 unspecified atom stereocenters. The first-order chi connectivity index (χ1) is 8.85. The maximum atomic E-state index is 6.02. The van der Waals surface area contributed by atoms with Crippen molar-refractivity contribution in [3.63, 3.8) is 0 Å². The fourth-order valence-corrected chi connectivity index (χ4v) is 3.08. The van der Waals surface area contributed by atoms with Crippen molar-refractivity contribution >= 4 is 22.8 Å². The molecular weight excluding hydrogens is 250 g/mol. The Morgan fingerprint density at radius 1 is 1.50 bits per heavy atom. The van der Waals surface area contributed by atoms with Crippen LogP contribution in [0.25, 0.3) is 11.2 Å². The number of hydrogen-bond donors (Lipinski definition) is 0. The van der Waals surface area contributed by atoms with Gasteiger partial charge in [-0.15, -0.1) is 11.6 Å². The minimum absolute atomic E-state index is 0.242. The number of pyridine rings is 1. The molecule has 2 aromatic rings. The Hall–Kier alpha value is -1.13. The highest BCUT2D eigenvalue weighted by atomic mass is 35.5. The molecule has 1 aliphatic rings. The lowest BCUT2D eigenvalue weighted by atomic mass is 10.2. The van der Waals surface area contributed by atoms with Crippen molar-refractivity contribution in [2.75, 3.05) is 7.11 Å². The molecule has 1 saturated carbocycles. The molecule has 0 saturated heterocycles. The third-order valence-electron chi connectivity index (χ3n) is 3.69. The van der Waals surface area contributed by atoms with Crippen LogP contribution >= 0.6 is 11.6 Å². The summed E-state index contributed by atoms with van der Waals surface area (Å²) in [4.78, 5) is 9.01. The first-order valence-electron chi connectivity index (χ1n) is 6.25. The minimum Gasteiger partial charge on any atom is -0.379 e. The molecule has 3 rings (SSSR count). The normalized spacial score (nSPS) is 23.9. The molecule has 96 valence electrons. The molecule has 4 nitrogen and oxygen atoms in total. The van der Waals surface area contributed by atoms with E-state index in [2.05, 4.69) is 14.5 Å². The summed E-state index contributed by atoms with van der Waals surface area (Å²) in [5, 5.41) is 0. The predicted octanol–water partition coefficient (Wildman–Crippen LogP) is 2.91. The number of methoxy groups -OCH3 is 1. The number of ether oxygens (including phenoxy) is 1. The molecule has 0 radical (unpaired) electrons. The van der Waals surface area contributed by atoms with Gasteiger partial charge in [-0.25, -0.2) is 9.97 Å². The summed E-state index contributed by atoms with van der Waals surface area (Å²) in [6, 6.07) is 4.19. The molecule has 0 bridgehead atoms. The lowest BCUT2D eigenvalue weighted by Crippen LogP contribution is -2.22. The number of alkyl halides is 1. The van der Waals surface area contributed by atoms with Crippen LogP contribution in [-0.4, -0.2) is 27.7 Å². The van der Waals surface area contributed by atoms with Crippen molar-refractivity contribution in [3.8, 4) is 0 Å². The van der Waals surface area contributed by atoms with Gasteiger partial charge in [-0.3, -0.25) is 0 Å². The highest BCUT2D eigenvalue weighted by Gasteiger charge is 2.31. The molecule has 0 amide bonds. The lowest BCUT2D eigenvalue weighted by Gasteiger charge is -2.21. The van der Waals surface area contributed by atoms with Crippen LogP contribution in [0.1, 0.15) is 31.1 Å². The summed E-state index contributed by atoms with van der Waals surface area (Å²) >= 11 is 6.02. The van der Waals surface area contributed by atoms with E-state index in [1.807, 2.05) is 12.1 Å². The van der Waals surface area contributed by atoms with Gasteiger partial charge in [-0.1, -0.05) is 0 Å². The Bertz CT molecular complexity index is 554. The molecule has 5 heteroatoms. The summed E-state index contributed by atoms with van der Waals surface area (Å²) in [5.74, 6) is 1.29. The van der Waals surface area contributed by atoms with Crippen molar-refractivity contribution in [3.05, 3.63) is 24.2 Å². The van der Waals surface area contributed by atoms with Crippen molar-refractivity contribution in [1.82, 2.24) is 14.5 Å². The molecule has 2 aromatic heterocycles. The zero-order chi connectivity index (χ0) is 12.5. The molecule has 2 heterocycles. The van der Waals surface area contributed by atoms with Gasteiger partial charge in [0, 0.05) is 13.3 Å². The van der Waals surface area contributed by atoms with Crippen LogP contribution in [0.5, 0.6) is 0 Å². The topological polar surface area (TPSA) is 39.9 Å². The Morgan fingerprint density at radius 2 is 2.39 bits per heavy atom. The maximum Gasteiger partial charge on any atom is 0.160 e. The molecule has 2 atom stereocenters. The van der Waals surface area contributed by atoms with Crippen LogP contribution in [0.3, 0.4) is 0 Å². The van der Waals surface area contributed by atoms with E-state index in [0.29, 0.717) is 11.9 Å². The SMILES string of the molecule is COC1CCCC1n1c(CCl)nc2cccnc21. The van der Waals surface area contributed by atoms with E-state index in [9.17, 15) is 0 Å². The van der Waals surface area contributed by atoms with Gasteiger partial charge in [0.25, 0.3) is 0 Å². The van der Waals surface area contributed by atoms with Gasteiger partial charge < -0.3 is 9.30 Å². The fraction of sp³-hybridized carbons (Fsp3) is 0.538. The number of imidazole rings is 1. The maximum absolute atomic E-state index is 6.02. The molecule has 0 spiro atoms. The van der Waals surface area contributed by atoms with Crippen LogP contribution in [-0.2, 0) is 10.6 Å². The molecule has 1 fully saturated rings. The monoisotopic (exact) mass is 265 g/mol. The van der Waals surface area contributed by atoms with E-state index in [1.165, 1.54) is 6.42 Å². The summed E-state index contributed by atoms with van der Waals surface area (Å²) in [7, 11) is 1.77. The molecule has 18 heavy (non-hydrogen) atoms. The van der Waals surface area contributed by atoms with Gasteiger partial charge in [0.05, 0.1) is 18.0 Å². The van der Waals surface area contributed by atoms with E-state index >= 15 is 0 Å². The average Bonchev–Trinajstić information content (AvgIpc) is 3.01. The number of halogens is 1. The van der Waals surface area contributed by atoms with Gasteiger partial charge in [0.2, 0.25) is 0 Å². The van der Waals surface area contributed by atoms with Gasteiger partial charge in [0.1, 0.15) is 11.3 Å². The van der Waals surface area contributed by atoms with E-state index in [1.54, 1.807) is 13.3 Å². The van der Waals surface area contributed by atoms with E-state index in [4.69, 9.17) is 16.3 Å². The minimum atomic E-state index is 0.242. The number of aromatic nitrogens is 3. The van der Waals surface area contributed by atoms with E-state index < -0.39 is 0 Å². The Balaban J connectivity index is 2.14. The number of rotatable bonds is 3. The summed E-state index contributed by atoms with van der Waals surface area (Å²) in [5.41, 5.74) is 1.83. The Kier molecular flexibility index (Phi) is 3.22. The highest BCUT2D eigenvalue weighted by Crippen LogP contribution is 2.35. The molecule has 0 aliphatic heterocycles. The first kappa shape index (κ1) is 11.9. The third-order valence-corrected chi connectivity index (χ3v) is 3.93. The smallest absolute Gasteiger partial charge is 0.160 e. The van der Waals surface area contributed by atoms with E-state index in [-0.39, 0.29) is 6.10 Å². The van der Waals surface area contributed by atoms with Crippen molar-refractivity contribution < 1.29 is 4.74 Å². The van der Waals surface area contributed by atoms with Crippen molar-refractivity contribution in [2.24, 2.45) is 0 Å². The van der Waals surface area contributed by atoms with Gasteiger partial charge in [-0.2, -0.15) is 0 Å². The second-order valence-electron chi connectivity index (χ2n) is 4.65. The Morgan fingerprint density at radius 3 is 3.17 bits per heavy atom. The molecule has 0 aromatic carbocycles. The first-order valence-corrected chi connectivity index (χ1v) is 6.79. The second-order valence-corrected chi connectivity index (χ2v) is 4.92. The zero-order valence-corrected chi connectivity index (χ0v) is 11.1. The third kappa shape index (κ3) is 1.80. The lowest BCUT2D eigenvalue weighted by molar-refractivity contribution is 0.0753. The fourth-order valence-electron chi connectivity index (χ4n) is 2.90. The number of nitrogens with zero attached hydrogens (tertiary/aromatic N) is 3. The Labute approximate surface area is 111 Å². The van der Waals surface area contributed by atoms with Crippen LogP contribution in [0.2, 0.25) is 0 Å². The summed E-state index contributed by atoms with van der Waals surface area (Å²) in [6.45, 7) is 0. The van der Waals surface area contributed by atoms with Gasteiger partial charge in [0.15, 0.2) is 5.65 Å². The quantitative estimate of drug-likeness (QED) is 0.801. The standard InChI is InChI=1S/C13H16ClN3O/c1-18-11-6-2-5-10(11)17-12(8-14)16-9-4-3-7-15-13(9)17/h3-4,7,10-11H,2,5-6,8H2,1H3. The van der Waals surface area contributed by atoms with Crippen LogP contribution < -0.4 is 0 Å². The average molecular weight is 266 g/mol. The molecular formula is C13H16ClN3O. The summed E-state index contributed by atoms with van der Waals surface area (Å²) < 4.78 is 7.75. The number of hydrogen-bond acceptors (Lipinski definition) is 3. The largest absolute Gasteiger partial charge is 0.379 e. The highest BCUT2D eigenvalue weighted by molar-refractivity contribution is 6.16. The number of fused-ring (bicyclic) bond motifs is 1. The van der Waals surface area contributed by atoms with Crippen LogP contribution in [0, 0.1) is 0 Å². The molecule has 0 N–H and O–H groups in total. The summed E-state index contributed by atoms with van der Waals surface area (Å²) in [6.07, 6.45) is 5.42. The van der Waals surface area contributed by atoms with Crippen molar-refractivity contribution in [1.29, 1.82) is 0 Å². The van der Waals surface area contributed by atoms with Crippen LogP contribution in [0.4, 0.5) is 0 Å². The van der Waals surface area contributed by atoms with Gasteiger partial charge in [-0.05, 0) is 31.4 Å². The van der Waals surface area contributed by atoms with Gasteiger partial charge >= 0.3 is 0 Å². The second kappa shape index (κ2) is 4.86.